The largest absolute Gasteiger partial charge is 0.440 e. The van der Waals surface area contributed by atoms with Crippen LogP contribution in [0.2, 0.25) is 5.02 Å². The van der Waals surface area contributed by atoms with E-state index in [4.69, 9.17) is 21.8 Å². The van der Waals surface area contributed by atoms with Crippen LogP contribution in [0.5, 0.6) is 0 Å². The van der Waals surface area contributed by atoms with E-state index in [2.05, 4.69) is 16.5 Å². The van der Waals surface area contributed by atoms with Gasteiger partial charge in [-0.15, -0.1) is 0 Å². The van der Waals surface area contributed by atoms with Crippen molar-refractivity contribution in [1.29, 1.82) is 0 Å². The molecule has 0 unspecified atom stereocenters. The van der Waals surface area contributed by atoms with Gasteiger partial charge in [0, 0.05) is 23.7 Å². The van der Waals surface area contributed by atoms with Crippen LogP contribution in [0.1, 0.15) is 23.8 Å². The lowest BCUT2D eigenvalue weighted by atomic mass is 10.2. The molecule has 0 amide bonds. The van der Waals surface area contributed by atoms with E-state index in [0.717, 1.165) is 41.6 Å². The van der Waals surface area contributed by atoms with Crippen molar-refractivity contribution >= 4 is 23.0 Å². The highest BCUT2D eigenvalue weighted by Crippen LogP contribution is 2.26. The maximum Gasteiger partial charge on any atom is 0.242 e. The second-order valence-corrected chi connectivity index (χ2v) is 6.07. The van der Waals surface area contributed by atoms with Gasteiger partial charge in [0.1, 0.15) is 11.5 Å². The van der Waals surface area contributed by atoms with Crippen LogP contribution >= 0.6 is 11.6 Å². The molecule has 0 aliphatic carbocycles. The number of nitrogens with zero attached hydrogens (tertiary/aromatic N) is 2. The SMILES string of the molecule is C=C/C=C\C=C(/N)c1nc2c(o1)CCCN(c1ccc(Cl)cc1)C2. The highest BCUT2D eigenvalue weighted by atomic mass is 35.5. The summed E-state index contributed by atoms with van der Waals surface area (Å²) in [5.74, 6) is 1.40. The van der Waals surface area contributed by atoms with Gasteiger partial charge in [0.25, 0.3) is 0 Å². The van der Waals surface area contributed by atoms with Gasteiger partial charge in [0.05, 0.1) is 12.2 Å². The zero-order valence-electron chi connectivity index (χ0n) is 13.4. The average Bonchev–Trinajstić information content (AvgIpc) is 2.88. The Morgan fingerprint density at radius 1 is 1.29 bits per heavy atom. The Morgan fingerprint density at radius 2 is 2.08 bits per heavy atom. The van der Waals surface area contributed by atoms with Crippen LogP contribution in [0.3, 0.4) is 0 Å². The quantitative estimate of drug-likeness (QED) is 0.841. The first-order valence-corrected chi connectivity index (χ1v) is 8.29. The molecule has 0 fully saturated rings. The summed E-state index contributed by atoms with van der Waals surface area (Å²) in [5.41, 5.74) is 8.63. The van der Waals surface area contributed by atoms with E-state index in [1.807, 2.05) is 36.4 Å². The number of aryl methyl sites for hydroxylation is 1. The molecule has 0 radical (unpaired) electrons. The van der Waals surface area contributed by atoms with Gasteiger partial charge in [0.15, 0.2) is 0 Å². The summed E-state index contributed by atoms with van der Waals surface area (Å²) in [6.45, 7) is 5.29. The molecule has 2 N–H and O–H groups in total. The Kier molecular flexibility index (Phi) is 5.06. The number of anilines is 1. The first kappa shape index (κ1) is 16.4. The van der Waals surface area contributed by atoms with E-state index in [1.54, 1.807) is 12.2 Å². The second kappa shape index (κ2) is 7.41. The molecule has 2 aromatic rings. The molecule has 1 aliphatic heterocycles. The molecule has 0 bridgehead atoms. The number of hydrogen-bond acceptors (Lipinski definition) is 4. The van der Waals surface area contributed by atoms with Gasteiger partial charge >= 0.3 is 0 Å². The fourth-order valence-electron chi connectivity index (χ4n) is 2.70. The number of halogens is 1. The zero-order chi connectivity index (χ0) is 16.9. The topological polar surface area (TPSA) is 55.3 Å². The van der Waals surface area contributed by atoms with Gasteiger partial charge in [-0.3, -0.25) is 0 Å². The Hall–Kier alpha value is -2.46. The summed E-state index contributed by atoms with van der Waals surface area (Å²) in [7, 11) is 0. The molecule has 0 saturated heterocycles. The highest BCUT2D eigenvalue weighted by molar-refractivity contribution is 6.30. The van der Waals surface area contributed by atoms with Crippen LogP contribution in [-0.4, -0.2) is 11.5 Å². The third-order valence-corrected chi connectivity index (χ3v) is 4.16. The summed E-state index contributed by atoms with van der Waals surface area (Å²) in [6.07, 6.45) is 8.95. The van der Waals surface area contributed by atoms with E-state index in [1.165, 1.54) is 0 Å². The number of nitrogens with two attached hydrogens (primary N) is 1. The Bertz CT molecular complexity index is 774. The van der Waals surface area contributed by atoms with Crippen LogP contribution in [0.15, 0.2) is 59.6 Å². The molecule has 0 saturated carbocycles. The summed E-state index contributed by atoms with van der Waals surface area (Å²) in [5, 5.41) is 0.739. The van der Waals surface area contributed by atoms with Crippen molar-refractivity contribution in [3.05, 3.63) is 77.5 Å². The monoisotopic (exact) mass is 341 g/mol. The van der Waals surface area contributed by atoms with Crippen LogP contribution in [0.25, 0.3) is 5.70 Å². The fraction of sp³-hybridized carbons (Fsp3) is 0.211. The first-order chi connectivity index (χ1) is 11.7. The van der Waals surface area contributed by atoms with Crippen molar-refractivity contribution < 1.29 is 4.42 Å². The number of oxazole rings is 1. The molecule has 4 nitrogen and oxygen atoms in total. The van der Waals surface area contributed by atoms with Crippen LogP contribution in [-0.2, 0) is 13.0 Å². The molecule has 1 aromatic carbocycles. The van der Waals surface area contributed by atoms with Crippen molar-refractivity contribution in [1.82, 2.24) is 4.98 Å². The highest BCUT2D eigenvalue weighted by Gasteiger charge is 2.21. The lowest BCUT2D eigenvalue weighted by Gasteiger charge is -2.22. The van der Waals surface area contributed by atoms with Gasteiger partial charge in [-0.05, 0) is 36.8 Å². The molecule has 0 spiro atoms. The van der Waals surface area contributed by atoms with Gasteiger partial charge in [-0.1, -0.05) is 36.4 Å². The minimum Gasteiger partial charge on any atom is -0.440 e. The zero-order valence-corrected chi connectivity index (χ0v) is 14.2. The lowest BCUT2D eigenvalue weighted by Crippen LogP contribution is -2.22. The number of fused-ring (bicyclic) bond motifs is 1. The standard InChI is InChI=1S/C19H20ClN3O/c1-2-3-4-6-16(21)19-22-17-13-23(12-5-7-18(17)24-19)15-10-8-14(20)9-11-15/h2-4,6,8-11H,1,5,7,12-13,21H2/b4-3-,16-6-. The van der Waals surface area contributed by atoms with E-state index >= 15 is 0 Å². The van der Waals surface area contributed by atoms with Crippen LogP contribution < -0.4 is 10.6 Å². The molecule has 1 aromatic heterocycles. The fourth-order valence-corrected chi connectivity index (χ4v) is 2.82. The van der Waals surface area contributed by atoms with Crippen molar-refractivity contribution in [2.24, 2.45) is 5.73 Å². The maximum absolute atomic E-state index is 6.04. The number of benzene rings is 1. The summed E-state index contributed by atoms with van der Waals surface area (Å²) >= 11 is 5.98. The van der Waals surface area contributed by atoms with Crippen LogP contribution in [0.4, 0.5) is 5.69 Å². The van der Waals surface area contributed by atoms with Crippen molar-refractivity contribution in [3.8, 4) is 0 Å². The Labute approximate surface area is 146 Å². The smallest absolute Gasteiger partial charge is 0.242 e. The third kappa shape index (κ3) is 3.71. The van der Waals surface area contributed by atoms with Crippen molar-refractivity contribution in [3.63, 3.8) is 0 Å². The molecule has 5 heteroatoms. The number of rotatable bonds is 4. The van der Waals surface area contributed by atoms with Crippen LogP contribution in [0, 0.1) is 0 Å². The van der Waals surface area contributed by atoms with Crippen molar-refractivity contribution in [2.75, 3.05) is 11.4 Å². The van der Waals surface area contributed by atoms with Gasteiger partial charge in [0.2, 0.25) is 5.89 Å². The van der Waals surface area contributed by atoms with Gasteiger partial charge in [-0.2, -0.15) is 0 Å². The van der Waals surface area contributed by atoms with E-state index < -0.39 is 0 Å². The van der Waals surface area contributed by atoms with E-state index in [0.29, 0.717) is 18.1 Å². The molecule has 2 heterocycles. The predicted octanol–water partition coefficient (Wildman–Crippen LogP) is 4.32. The van der Waals surface area contributed by atoms with E-state index in [-0.39, 0.29) is 0 Å². The number of allylic oxidation sites excluding steroid dienone is 4. The molecule has 1 aliphatic rings. The first-order valence-electron chi connectivity index (χ1n) is 7.91. The second-order valence-electron chi connectivity index (χ2n) is 5.63. The summed E-state index contributed by atoms with van der Waals surface area (Å²) < 4.78 is 5.87. The van der Waals surface area contributed by atoms with E-state index in [9.17, 15) is 0 Å². The molecule has 3 rings (SSSR count). The molecular weight excluding hydrogens is 322 g/mol. The number of hydrogen-bond donors (Lipinski definition) is 1. The van der Waals surface area contributed by atoms with Crippen molar-refractivity contribution in [2.45, 2.75) is 19.4 Å². The minimum absolute atomic E-state index is 0.478. The molecule has 0 atom stereocenters. The molecular formula is C19H20ClN3O. The van der Waals surface area contributed by atoms with Gasteiger partial charge < -0.3 is 15.1 Å². The third-order valence-electron chi connectivity index (χ3n) is 3.91. The molecule has 24 heavy (non-hydrogen) atoms. The Morgan fingerprint density at radius 3 is 2.83 bits per heavy atom. The lowest BCUT2D eigenvalue weighted by molar-refractivity contribution is 0.486. The average molecular weight is 342 g/mol. The minimum atomic E-state index is 0.478. The summed E-state index contributed by atoms with van der Waals surface area (Å²) in [6, 6.07) is 7.87. The Balaban J connectivity index is 1.83. The summed E-state index contributed by atoms with van der Waals surface area (Å²) in [4.78, 5) is 6.88. The normalized spacial score (nSPS) is 15.4. The maximum atomic E-state index is 6.04. The van der Waals surface area contributed by atoms with Gasteiger partial charge in [-0.25, -0.2) is 4.98 Å². The predicted molar refractivity (Wildman–Crippen MR) is 98.8 cm³/mol. The molecule has 124 valence electrons. The number of aromatic nitrogens is 1.